The van der Waals surface area contributed by atoms with Crippen LogP contribution in [0.2, 0.25) is 0 Å². The van der Waals surface area contributed by atoms with Crippen LogP contribution in [0.25, 0.3) is 0 Å². The van der Waals surface area contributed by atoms with Gasteiger partial charge >= 0.3 is 12.0 Å². The summed E-state index contributed by atoms with van der Waals surface area (Å²) in [5, 5.41) is 2.81. The second-order valence-electron chi connectivity index (χ2n) is 7.17. The third kappa shape index (κ3) is 6.89. The molecule has 1 aromatic carbocycles. The topological polar surface area (TPSA) is 58.6 Å². The van der Waals surface area contributed by atoms with Crippen LogP contribution in [0.5, 0.6) is 0 Å². The molecule has 2 amide bonds. The summed E-state index contributed by atoms with van der Waals surface area (Å²) in [6.07, 6.45) is 10.1. The lowest BCUT2D eigenvalue weighted by atomic mass is 10.0. The first-order valence-corrected chi connectivity index (χ1v) is 10.5. The average Bonchev–Trinajstić information content (AvgIpc) is 3.08. The minimum Gasteiger partial charge on any atom is -0.466 e. The highest BCUT2D eigenvalue weighted by atomic mass is 16.5. The summed E-state index contributed by atoms with van der Waals surface area (Å²) in [5.74, 6) is -0.279. The van der Waals surface area contributed by atoms with Crippen molar-refractivity contribution in [3.05, 3.63) is 29.3 Å². The Morgan fingerprint density at radius 1 is 1.11 bits per heavy atom. The lowest BCUT2D eigenvalue weighted by Crippen LogP contribution is -2.39. The molecular formula is C22H34N2O3. The van der Waals surface area contributed by atoms with Crippen LogP contribution in [0, 0.1) is 0 Å². The van der Waals surface area contributed by atoms with E-state index in [2.05, 4.69) is 30.4 Å². The smallest absolute Gasteiger partial charge is 0.321 e. The van der Waals surface area contributed by atoms with Crippen molar-refractivity contribution in [2.75, 3.05) is 24.6 Å². The van der Waals surface area contributed by atoms with Crippen molar-refractivity contribution in [2.45, 2.75) is 71.6 Å². The Bertz CT molecular complexity index is 616. The summed E-state index contributed by atoms with van der Waals surface area (Å²) in [7, 11) is 0. The van der Waals surface area contributed by atoms with Crippen LogP contribution in [-0.2, 0) is 22.4 Å². The van der Waals surface area contributed by atoms with E-state index >= 15 is 0 Å². The molecule has 5 heteroatoms. The highest BCUT2D eigenvalue weighted by Crippen LogP contribution is 2.29. The van der Waals surface area contributed by atoms with E-state index in [1.807, 2.05) is 0 Å². The molecule has 0 aliphatic carbocycles. The van der Waals surface area contributed by atoms with Gasteiger partial charge < -0.3 is 10.1 Å². The molecule has 0 bridgehead atoms. The summed E-state index contributed by atoms with van der Waals surface area (Å²) in [5.41, 5.74) is 3.61. The number of anilines is 1. The standard InChI is InChI=1S/C22H34N2O3/c1-3-5-6-7-8-9-10-18-11-12-20-19(17-18)14-16-24(20)22(26)23-15-13-21(25)27-4-2/h11-12,17H,3-10,13-16H2,1-2H3,(H,23,26). The van der Waals surface area contributed by atoms with Gasteiger partial charge in [-0.1, -0.05) is 51.2 Å². The summed E-state index contributed by atoms with van der Waals surface area (Å²) >= 11 is 0. The Labute approximate surface area is 163 Å². The molecule has 0 spiro atoms. The maximum absolute atomic E-state index is 12.4. The molecule has 0 aromatic heterocycles. The number of rotatable bonds is 11. The van der Waals surface area contributed by atoms with Gasteiger partial charge in [0.1, 0.15) is 0 Å². The number of ether oxygens (including phenoxy) is 1. The van der Waals surface area contributed by atoms with Gasteiger partial charge in [-0.05, 0) is 43.4 Å². The highest BCUT2D eigenvalue weighted by molar-refractivity contribution is 5.94. The van der Waals surface area contributed by atoms with Gasteiger partial charge in [0.25, 0.3) is 0 Å². The number of aryl methyl sites for hydroxylation is 1. The number of esters is 1. The molecule has 0 fully saturated rings. The van der Waals surface area contributed by atoms with Crippen LogP contribution in [0.15, 0.2) is 18.2 Å². The molecule has 0 unspecified atom stereocenters. The normalized spacial score (nSPS) is 12.7. The lowest BCUT2D eigenvalue weighted by molar-refractivity contribution is -0.142. The van der Waals surface area contributed by atoms with Gasteiger partial charge in [-0.2, -0.15) is 0 Å². The molecular weight excluding hydrogens is 340 g/mol. The fraction of sp³-hybridized carbons (Fsp3) is 0.636. The summed E-state index contributed by atoms with van der Waals surface area (Å²) < 4.78 is 4.87. The average molecular weight is 375 g/mol. The van der Waals surface area contributed by atoms with Crippen molar-refractivity contribution in [1.29, 1.82) is 0 Å². The molecule has 1 aromatic rings. The molecule has 0 saturated heterocycles. The largest absolute Gasteiger partial charge is 0.466 e. The quantitative estimate of drug-likeness (QED) is 0.454. The van der Waals surface area contributed by atoms with Gasteiger partial charge in [0.2, 0.25) is 0 Å². The SMILES string of the molecule is CCCCCCCCc1ccc2c(c1)CCN2C(=O)NCCC(=O)OCC. The Morgan fingerprint density at radius 3 is 2.67 bits per heavy atom. The Balaban J connectivity index is 1.77. The summed E-state index contributed by atoms with van der Waals surface area (Å²) in [6, 6.07) is 6.34. The van der Waals surface area contributed by atoms with Crippen molar-refractivity contribution < 1.29 is 14.3 Å². The maximum Gasteiger partial charge on any atom is 0.321 e. The highest BCUT2D eigenvalue weighted by Gasteiger charge is 2.24. The number of urea groups is 1. The molecule has 2 rings (SSSR count). The van der Waals surface area contributed by atoms with E-state index in [0.717, 1.165) is 18.5 Å². The number of benzene rings is 1. The van der Waals surface area contributed by atoms with Gasteiger partial charge in [-0.3, -0.25) is 9.69 Å². The molecule has 27 heavy (non-hydrogen) atoms. The van der Waals surface area contributed by atoms with Crippen molar-refractivity contribution in [1.82, 2.24) is 5.32 Å². The second kappa shape index (κ2) is 11.6. The Kier molecular flexibility index (Phi) is 9.16. The number of nitrogens with one attached hydrogen (secondary N) is 1. The third-order valence-electron chi connectivity index (χ3n) is 5.01. The van der Waals surface area contributed by atoms with Crippen LogP contribution in [0.1, 0.15) is 69.9 Å². The van der Waals surface area contributed by atoms with Crippen molar-refractivity contribution in [3.8, 4) is 0 Å². The van der Waals surface area contributed by atoms with E-state index in [1.165, 1.54) is 49.7 Å². The lowest BCUT2D eigenvalue weighted by Gasteiger charge is -2.18. The second-order valence-corrected chi connectivity index (χ2v) is 7.17. The first-order chi connectivity index (χ1) is 13.2. The van der Waals surface area contributed by atoms with Crippen LogP contribution in [0.3, 0.4) is 0 Å². The summed E-state index contributed by atoms with van der Waals surface area (Å²) in [4.78, 5) is 25.5. The third-order valence-corrected chi connectivity index (χ3v) is 5.01. The van der Waals surface area contributed by atoms with E-state index in [4.69, 9.17) is 4.74 Å². The molecule has 0 radical (unpaired) electrons. The zero-order valence-corrected chi connectivity index (χ0v) is 16.9. The number of amides is 2. The predicted molar refractivity (Wildman–Crippen MR) is 109 cm³/mol. The van der Waals surface area contributed by atoms with E-state index in [1.54, 1.807) is 11.8 Å². The predicted octanol–water partition coefficient (Wildman–Crippen LogP) is 4.61. The number of carbonyl (C=O) groups is 2. The fourth-order valence-corrected chi connectivity index (χ4v) is 3.53. The Morgan fingerprint density at radius 2 is 1.89 bits per heavy atom. The number of fused-ring (bicyclic) bond motifs is 1. The van der Waals surface area contributed by atoms with Crippen LogP contribution in [0.4, 0.5) is 10.5 Å². The minimum atomic E-state index is -0.279. The van der Waals surface area contributed by atoms with Crippen LogP contribution >= 0.6 is 0 Å². The zero-order valence-electron chi connectivity index (χ0n) is 16.9. The van der Waals surface area contributed by atoms with E-state index < -0.39 is 0 Å². The molecule has 1 aliphatic heterocycles. The van der Waals surface area contributed by atoms with E-state index in [0.29, 0.717) is 19.7 Å². The van der Waals surface area contributed by atoms with Crippen LogP contribution in [-0.4, -0.2) is 31.7 Å². The van der Waals surface area contributed by atoms with Gasteiger partial charge in [0, 0.05) is 18.8 Å². The zero-order chi connectivity index (χ0) is 19.5. The number of hydrogen-bond acceptors (Lipinski definition) is 3. The Hall–Kier alpha value is -2.04. The van der Waals surface area contributed by atoms with E-state index in [-0.39, 0.29) is 18.4 Å². The molecule has 0 atom stereocenters. The molecule has 1 N–H and O–H groups in total. The van der Waals surface area contributed by atoms with Gasteiger partial charge in [-0.15, -0.1) is 0 Å². The first-order valence-electron chi connectivity index (χ1n) is 10.5. The number of nitrogens with zero attached hydrogens (tertiary/aromatic N) is 1. The van der Waals surface area contributed by atoms with Gasteiger partial charge in [-0.25, -0.2) is 4.79 Å². The fourth-order valence-electron chi connectivity index (χ4n) is 3.53. The van der Waals surface area contributed by atoms with Crippen LogP contribution < -0.4 is 10.2 Å². The maximum atomic E-state index is 12.4. The number of unbranched alkanes of at least 4 members (excludes halogenated alkanes) is 5. The number of hydrogen-bond donors (Lipinski definition) is 1. The van der Waals surface area contributed by atoms with Crippen molar-refractivity contribution >= 4 is 17.7 Å². The monoisotopic (exact) mass is 374 g/mol. The summed E-state index contributed by atoms with van der Waals surface area (Å²) in [6.45, 7) is 5.39. The van der Waals surface area contributed by atoms with Crippen molar-refractivity contribution in [3.63, 3.8) is 0 Å². The molecule has 5 nitrogen and oxygen atoms in total. The number of carbonyl (C=O) groups excluding carboxylic acids is 2. The van der Waals surface area contributed by atoms with Gasteiger partial charge in [0.05, 0.1) is 13.0 Å². The molecule has 150 valence electrons. The molecule has 0 saturated carbocycles. The molecule has 1 heterocycles. The van der Waals surface area contributed by atoms with Crippen molar-refractivity contribution in [2.24, 2.45) is 0 Å². The molecule has 1 aliphatic rings. The van der Waals surface area contributed by atoms with Gasteiger partial charge in [0.15, 0.2) is 0 Å². The first kappa shape index (κ1) is 21.3. The van der Waals surface area contributed by atoms with E-state index in [9.17, 15) is 9.59 Å². The minimum absolute atomic E-state index is 0.137.